The lowest BCUT2D eigenvalue weighted by Crippen LogP contribution is -2.08. The maximum atomic E-state index is 5.78. The van der Waals surface area contributed by atoms with E-state index in [-0.39, 0.29) is 0 Å². The molecule has 1 rings (SSSR count). The van der Waals surface area contributed by atoms with E-state index in [1.807, 2.05) is 11.3 Å². The molecule has 1 heterocycles. The molecule has 1 aromatic heterocycles. The van der Waals surface area contributed by atoms with Gasteiger partial charge in [0.15, 0.2) is 0 Å². The lowest BCUT2D eigenvalue weighted by atomic mass is 10.3. The van der Waals surface area contributed by atoms with Gasteiger partial charge in [0.1, 0.15) is 0 Å². The summed E-state index contributed by atoms with van der Waals surface area (Å²) in [4.78, 5) is 2.74. The van der Waals surface area contributed by atoms with Crippen molar-refractivity contribution in [1.29, 1.82) is 0 Å². The van der Waals surface area contributed by atoms with E-state index in [1.54, 1.807) is 0 Å². The van der Waals surface area contributed by atoms with Crippen LogP contribution in [0, 0.1) is 6.92 Å². The Bertz CT molecular complexity index is 267. The van der Waals surface area contributed by atoms with Gasteiger partial charge in [0.2, 0.25) is 0 Å². The highest BCUT2D eigenvalue weighted by Crippen LogP contribution is 2.28. The smallest absolute Gasteiger partial charge is 0.146 e. The molecule has 0 nitrogen and oxygen atoms in total. The molecule has 0 aliphatic carbocycles. The number of thiophene rings is 1. The summed E-state index contributed by atoms with van der Waals surface area (Å²) in [6, 6.07) is 2.66. The third-order valence-corrected chi connectivity index (χ3v) is 5.36. The van der Waals surface area contributed by atoms with Crippen molar-refractivity contribution in [2.75, 3.05) is 0 Å². The van der Waals surface area contributed by atoms with Gasteiger partial charge in [-0.15, -0.1) is 44.6 Å². The quantitative estimate of drug-likeness (QED) is 0.553. The molecular formula is C8H11Cl3SSi. The SMILES string of the molecule is Cc1ccc(CCC[Si](Cl)(Cl)Cl)s1. The highest BCUT2D eigenvalue weighted by atomic mass is 35.8. The van der Waals surface area contributed by atoms with Crippen LogP contribution in [-0.2, 0) is 6.42 Å². The van der Waals surface area contributed by atoms with Crippen molar-refractivity contribution in [3.63, 3.8) is 0 Å². The fourth-order valence-electron chi connectivity index (χ4n) is 1.08. The number of aryl methyl sites for hydroxylation is 2. The normalized spacial score (nSPS) is 12.0. The fraction of sp³-hybridized carbons (Fsp3) is 0.500. The second-order valence-corrected chi connectivity index (χ2v) is 13.6. The molecule has 0 saturated carbocycles. The van der Waals surface area contributed by atoms with Gasteiger partial charge in [0.25, 0.3) is 0 Å². The minimum absolute atomic E-state index is 0.759. The second-order valence-electron chi connectivity index (χ2n) is 2.98. The summed E-state index contributed by atoms with van der Waals surface area (Å²) in [5.41, 5.74) is 0. The molecule has 0 fully saturated rings. The molecule has 0 aliphatic heterocycles. The van der Waals surface area contributed by atoms with Gasteiger partial charge >= 0.3 is 6.00 Å². The molecule has 1 aromatic rings. The predicted molar refractivity (Wildman–Crippen MR) is 65.5 cm³/mol. The summed E-state index contributed by atoms with van der Waals surface area (Å²) in [6.07, 6.45) is 2.03. The van der Waals surface area contributed by atoms with Crippen molar-refractivity contribution < 1.29 is 0 Å². The first kappa shape index (κ1) is 11.9. The van der Waals surface area contributed by atoms with E-state index in [0.717, 1.165) is 18.9 Å². The highest BCUT2D eigenvalue weighted by Gasteiger charge is 2.23. The zero-order valence-corrected chi connectivity index (χ0v) is 11.4. The van der Waals surface area contributed by atoms with Crippen molar-refractivity contribution in [3.8, 4) is 0 Å². The Hall–Kier alpha value is 0.787. The van der Waals surface area contributed by atoms with E-state index in [1.165, 1.54) is 9.75 Å². The molecule has 0 aliphatic rings. The lowest BCUT2D eigenvalue weighted by molar-refractivity contribution is 0.932. The van der Waals surface area contributed by atoms with Crippen LogP contribution < -0.4 is 0 Å². The van der Waals surface area contributed by atoms with Crippen LogP contribution in [0.25, 0.3) is 0 Å². The summed E-state index contributed by atoms with van der Waals surface area (Å²) < 4.78 is 0. The van der Waals surface area contributed by atoms with E-state index >= 15 is 0 Å². The summed E-state index contributed by atoms with van der Waals surface area (Å²) in [6.45, 7) is 2.11. The van der Waals surface area contributed by atoms with Crippen LogP contribution in [0.15, 0.2) is 12.1 Å². The summed E-state index contributed by atoms with van der Waals surface area (Å²) >= 11 is 19.2. The molecule has 0 aromatic carbocycles. The Kier molecular flexibility index (Phi) is 4.59. The summed E-state index contributed by atoms with van der Waals surface area (Å²) in [5.74, 6) is 0. The number of rotatable bonds is 4. The topological polar surface area (TPSA) is 0 Å². The van der Waals surface area contributed by atoms with Crippen LogP contribution >= 0.6 is 44.6 Å². The van der Waals surface area contributed by atoms with Crippen LogP contribution in [0.1, 0.15) is 16.2 Å². The van der Waals surface area contributed by atoms with Gasteiger partial charge in [0, 0.05) is 9.75 Å². The summed E-state index contributed by atoms with van der Waals surface area (Å²) in [7, 11) is 0. The first-order valence-corrected chi connectivity index (χ1v) is 10.2. The molecule has 0 unspecified atom stereocenters. The third-order valence-electron chi connectivity index (χ3n) is 1.68. The first-order valence-electron chi connectivity index (χ1n) is 4.09. The number of hydrogen-bond acceptors (Lipinski definition) is 1. The molecule has 0 bridgehead atoms. The van der Waals surface area contributed by atoms with Crippen molar-refractivity contribution in [1.82, 2.24) is 0 Å². The zero-order chi connectivity index (χ0) is 9.90. The maximum Gasteiger partial charge on any atom is 0.341 e. The van der Waals surface area contributed by atoms with Crippen molar-refractivity contribution in [3.05, 3.63) is 21.9 Å². The Morgan fingerprint density at radius 1 is 1.31 bits per heavy atom. The Labute approximate surface area is 97.9 Å². The lowest BCUT2D eigenvalue weighted by Gasteiger charge is -2.05. The standard InChI is InChI=1S/C8H11Cl3SSi/c1-7-4-5-8(12-7)3-2-6-13(9,10)11/h4-5H,2-3,6H2,1H3. The van der Waals surface area contributed by atoms with Crippen molar-refractivity contribution in [2.45, 2.75) is 25.8 Å². The van der Waals surface area contributed by atoms with Gasteiger partial charge in [-0.2, -0.15) is 0 Å². The Balaban J connectivity index is 2.28. The van der Waals surface area contributed by atoms with E-state index in [9.17, 15) is 0 Å². The predicted octanol–water partition coefficient (Wildman–Crippen LogP) is 4.64. The number of halogens is 3. The molecule has 0 N–H and O–H groups in total. The van der Waals surface area contributed by atoms with Gasteiger partial charge in [-0.25, -0.2) is 0 Å². The minimum Gasteiger partial charge on any atom is -0.146 e. The van der Waals surface area contributed by atoms with Gasteiger partial charge < -0.3 is 0 Å². The van der Waals surface area contributed by atoms with Crippen molar-refractivity contribution >= 4 is 50.6 Å². The zero-order valence-electron chi connectivity index (χ0n) is 7.32. The molecule has 0 saturated heterocycles. The van der Waals surface area contributed by atoms with E-state index in [4.69, 9.17) is 33.2 Å². The first-order chi connectivity index (χ1) is 5.97. The van der Waals surface area contributed by atoms with Crippen molar-refractivity contribution in [2.24, 2.45) is 0 Å². The average Bonchev–Trinajstić information content (AvgIpc) is 2.33. The third kappa shape index (κ3) is 5.28. The molecular weight excluding hydrogens is 263 g/mol. The molecule has 0 spiro atoms. The largest absolute Gasteiger partial charge is 0.341 e. The highest BCUT2D eigenvalue weighted by molar-refractivity contribution is 7.64. The molecule has 0 amide bonds. The molecule has 0 atom stereocenters. The molecule has 74 valence electrons. The molecule has 0 radical (unpaired) electrons. The van der Waals surface area contributed by atoms with Crippen LogP contribution in [0.3, 0.4) is 0 Å². The van der Waals surface area contributed by atoms with E-state index in [0.29, 0.717) is 0 Å². The Morgan fingerprint density at radius 2 is 2.00 bits per heavy atom. The van der Waals surface area contributed by atoms with Gasteiger partial charge in [0.05, 0.1) is 0 Å². The van der Waals surface area contributed by atoms with Gasteiger partial charge in [-0.05, 0) is 37.9 Å². The van der Waals surface area contributed by atoms with Crippen LogP contribution in [0.4, 0.5) is 0 Å². The van der Waals surface area contributed by atoms with Gasteiger partial charge in [-0.1, -0.05) is 0 Å². The average molecular weight is 274 g/mol. The second kappa shape index (κ2) is 5.03. The maximum absolute atomic E-state index is 5.78. The molecule has 13 heavy (non-hydrogen) atoms. The summed E-state index contributed by atoms with van der Waals surface area (Å²) in [5, 5.41) is 0. The monoisotopic (exact) mass is 272 g/mol. The van der Waals surface area contributed by atoms with E-state index in [2.05, 4.69) is 19.1 Å². The minimum atomic E-state index is -2.38. The fourth-order valence-corrected chi connectivity index (χ4v) is 3.80. The van der Waals surface area contributed by atoms with E-state index < -0.39 is 6.00 Å². The number of hydrogen-bond donors (Lipinski definition) is 0. The van der Waals surface area contributed by atoms with Crippen LogP contribution in [0.2, 0.25) is 6.04 Å². The van der Waals surface area contributed by atoms with Crippen LogP contribution in [-0.4, -0.2) is 6.00 Å². The Morgan fingerprint density at radius 3 is 2.46 bits per heavy atom. The van der Waals surface area contributed by atoms with Crippen LogP contribution in [0.5, 0.6) is 0 Å². The van der Waals surface area contributed by atoms with Gasteiger partial charge in [-0.3, -0.25) is 0 Å². The molecule has 5 heteroatoms.